The molecule has 2 rings (SSSR count). The van der Waals surface area contributed by atoms with Gasteiger partial charge in [0.05, 0.1) is 45.5 Å². The van der Waals surface area contributed by atoms with Crippen LogP contribution in [0.4, 0.5) is 26.3 Å². The van der Waals surface area contributed by atoms with E-state index in [1.807, 2.05) is 0 Å². The van der Waals surface area contributed by atoms with E-state index in [9.17, 15) is 42.1 Å². The highest BCUT2D eigenvalue weighted by molar-refractivity contribution is 5.80. The fraction of sp³-hybridized carbons (Fsp3) is 0.0909. The number of rotatable bonds is 1. The Morgan fingerprint density at radius 2 is 1.03 bits per heavy atom. The lowest BCUT2D eigenvalue weighted by atomic mass is 9.92. The van der Waals surface area contributed by atoms with Gasteiger partial charge in [-0.1, -0.05) is 0 Å². The van der Waals surface area contributed by atoms with Crippen molar-refractivity contribution < 1.29 is 26.3 Å². The van der Waals surface area contributed by atoms with E-state index >= 15 is 0 Å². The summed E-state index contributed by atoms with van der Waals surface area (Å²) < 4.78 is 80.8. The van der Waals surface area contributed by atoms with E-state index in [4.69, 9.17) is 15.8 Å². The van der Waals surface area contributed by atoms with E-state index in [0.29, 0.717) is 0 Å². The van der Waals surface area contributed by atoms with Crippen molar-refractivity contribution in [2.75, 3.05) is 0 Å². The Morgan fingerprint density at radius 1 is 0.588 bits per heavy atom. The number of nitriles is 6. The first-order valence-electron chi connectivity index (χ1n) is 8.53. The fourth-order valence-corrected chi connectivity index (χ4v) is 2.98. The zero-order valence-corrected chi connectivity index (χ0v) is 16.3. The van der Waals surface area contributed by atoms with Gasteiger partial charge >= 0.3 is 12.4 Å². The topological polar surface area (TPSA) is 143 Å². The van der Waals surface area contributed by atoms with Crippen LogP contribution in [0.2, 0.25) is 0 Å². The third-order valence-corrected chi connectivity index (χ3v) is 4.42. The molecule has 0 unspecified atom stereocenters. The van der Waals surface area contributed by atoms with Gasteiger partial charge in [-0.05, 0) is 29.8 Å². The second kappa shape index (κ2) is 9.05. The molecule has 0 amide bonds. The average Bonchev–Trinajstić information content (AvgIpc) is 2.78. The quantitative estimate of drug-likeness (QED) is 0.591. The molecule has 0 bridgehead atoms. The summed E-state index contributed by atoms with van der Waals surface area (Å²) in [5, 5.41) is 54.6. The first-order chi connectivity index (χ1) is 15.9. The van der Waals surface area contributed by atoms with Gasteiger partial charge < -0.3 is 0 Å². The minimum atomic E-state index is -5.40. The largest absolute Gasteiger partial charge is 0.417 e. The molecule has 0 saturated heterocycles. The minimum Gasteiger partial charge on any atom is -0.192 e. The Bertz CT molecular complexity index is 1540. The summed E-state index contributed by atoms with van der Waals surface area (Å²) in [6.45, 7) is 0. The standard InChI is InChI=1S/C22H4F6N6/c23-21(24,25)19-3-11(4-20(18(19)10-34)22(26,27)28)17(9-33)16-2-12(5-29)15(1-13(16)6-30)14(7-31)8-32/h1-4H/b17-16+. The van der Waals surface area contributed by atoms with Gasteiger partial charge in [0.15, 0.2) is 0 Å². The smallest absolute Gasteiger partial charge is 0.192 e. The van der Waals surface area contributed by atoms with Crippen LogP contribution < -0.4 is 10.4 Å². The maximum Gasteiger partial charge on any atom is 0.417 e. The van der Waals surface area contributed by atoms with Crippen molar-refractivity contribution in [3.63, 3.8) is 0 Å². The molecule has 0 saturated carbocycles. The lowest BCUT2D eigenvalue weighted by Crippen LogP contribution is -2.22. The number of hydrogen-bond acceptors (Lipinski definition) is 6. The minimum absolute atomic E-state index is 0.162. The van der Waals surface area contributed by atoms with Crippen LogP contribution in [0.5, 0.6) is 0 Å². The molecule has 0 aliphatic heterocycles. The molecule has 0 spiro atoms. The summed E-state index contributed by atoms with van der Waals surface area (Å²) in [6.07, 6.45) is -10.8. The van der Waals surface area contributed by atoms with E-state index in [2.05, 4.69) is 0 Å². The van der Waals surface area contributed by atoms with Crippen LogP contribution in [0.3, 0.4) is 0 Å². The van der Waals surface area contributed by atoms with Crippen molar-refractivity contribution in [3.05, 3.63) is 68.1 Å². The molecule has 0 fully saturated rings. The molecule has 0 heterocycles. The van der Waals surface area contributed by atoms with Gasteiger partial charge in [0.25, 0.3) is 0 Å². The highest BCUT2D eigenvalue weighted by Gasteiger charge is 2.42. The van der Waals surface area contributed by atoms with Crippen molar-refractivity contribution >= 4 is 11.1 Å². The van der Waals surface area contributed by atoms with Crippen LogP contribution in [0.1, 0.15) is 33.4 Å². The molecular weight excluding hydrogens is 462 g/mol. The second-order valence-electron chi connectivity index (χ2n) is 6.31. The maximum atomic E-state index is 13.5. The molecule has 12 heteroatoms. The highest BCUT2D eigenvalue weighted by Crippen LogP contribution is 2.40. The Balaban J connectivity index is 3.24. The summed E-state index contributed by atoms with van der Waals surface area (Å²) in [7, 11) is 0. The monoisotopic (exact) mass is 466 g/mol. The van der Waals surface area contributed by atoms with E-state index in [0.717, 1.165) is 18.2 Å². The zero-order valence-electron chi connectivity index (χ0n) is 16.3. The predicted octanol–water partition coefficient (Wildman–Crippen LogP) is 3.26. The summed E-state index contributed by atoms with van der Waals surface area (Å²) in [5.41, 5.74) is -8.87. The van der Waals surface area contributed by atoms with E-state index in [1.165, 1.54) is 18.2 Å². The maximum absolute atomic E-state index is 13.5. The third kappa shape index (κ3) is 4.49. The lowest BCUT2D eigenvalue weighted by molar-refractivity contribution is -0.143. The molecule has 0 aliphatic carbocycles. The van der Waals surface area contributed by atoms with E-state index in [1.54, 1.807) is 12.1 Å². The molecule has 0 radical (unpaired) electrons. The molecule has 0 aromatic heterocycles. The van der Waals surface area contributed by atoms with Crippen molar-refractivity contribution in [1.82, 2.24) is 0 Å². The normalized spacial score (nSPS) is 11.5. The van der Waals surface area contributed by atoms with Gasteiger partial charge in [0.2, 0.25) is 0 Å². The summed E-state index contributed by atoms with van der Waals surface area (Å²) in [6, 6.07) is 10.5. The van der Waals surface area contributed by atoms with Gasteiger partial charge in [-0.15, -0.1) is 0 Å². The van der Waals surface area contributed by atoms with Crippen molar-refractivity contribution in [1.29, 1.82) is 31.6 Å². The first kappa shape index (κ1) is 25.0. The number of hydrogen-bond donors (Lipinski definition) is 0. The third-order valence-electron chi connectivity index (χ3n) is 4.42. The SMILES string of the molecule is N#CC(C#N)=c1cc(C#N)/c(=C(\C#N)c2cc(C(F)(F)F)c(C#N)c(C(F)(F)F)c2)cc1C#N. The van der Waals surface area contributed by atoms with Gasteiger partial charge in [-0.25, -0.2) is 0 Å². The molecule has 6 nitrogen and oxygen atoms in total. The summed E-state index contributed by atoms with van der Waals surface area (Å²) >= 11 is 0. The number of halogens is 6. The molecule has 164 valence electrons. The molecule has 0 N–H and O–H groups in total. The van der Waals surface area contributed by atoms with Crippen LogP contribution in [-0.2, 0) is 12.4 Å². The summed E-state index contributed by atoms with van der Waals surface area (Å²) in [4.78, 5) is 0. The fourth-order valence-electron chi connectivity index (χ4n) is 2.98. The number of nitrogens with zero attached hydrogens (tertiary/aromatic N) is 6. The molecule has 0 aliphatic rings. The summed E-state index contributed by atoms with van der Waals surface area (Å²) in [5.74, 6) is 0. The average molecular weight is 466 g/mol. The van der Waals surface area contributed by atoms with Crippen LogP contribution in [-0.4, -0.2) is 0 Å². The Morgan fingerprint density at radius 3 is 1.38 bits per heavy atom. The first-order valence-corrected chi connectivity index (χ1v) is 8.53. The van der Waals surface area contributed by atoms with Crippen LogP contribution in [0, 0.1) is 68.0 Å². The molecule has 2 aromatic rings. The highest BCUT2D eigenvalue weighted by atomic mass is 19.4. The van der Waals surface area contributed by atoms with Crippen molar-refractivity contribution in [3.8, 4) is 36.4 Å². The van der Waals surface area contributed by atoms with Gasteiger partial charge in [-0.2, -0.15) is 57.9 Å². The van der Waals surface area contributed by atoms with Gasteiger partial charge in [-0.3, -0.25) is 0 Å². The molecular formula is C22H4F6N6. The van der Waals surface area contributed by atoms with Gasteiger partial charge in [0.1, 0.15) is 29.8 Å². The lowest BCUT2D eigenvalue weighted by Gasteiger charge is -2.16. The molecule has 2 aromatic carbocycles. The second-order valence-corrected chi connectivity index (χ2v) is 6.31. The van der Waals surface area contributed by atoms with E-state index < -0.39 is 62.1 Å². The van der Waals surface area contributed by atoms with Crippen molar-refractivity contribution in [2.24, 2.45) is 0 Å². The van der Waals surface area contributed by atoms with Crippen LogP contribution >= 0.6 is 0 Å². The Hall–Kier alpha value is -5.30. The van der Waals surface area contributed by atoms with E-state index in [-0.39, 0.29) is 17.4 Å². The Labute approximate surface area is 186 Å². The van der Waals surface area contributed by atoms with Crippen molar-refractivity contribution in [2.45, 2.75) is 12.4 Å². The Kier molecular flexibility index (Phi) is 6.65. The number of alkyl halides is 6. The zero-order chi connectivity index (χ0) is 25.8. The predicted molar refractivity (Wildman–Crippen MR) is 99.0 cm³/mol. The molecule has 0 atom stereocenters. The van der Waals surface area contributed by atoms with Crippen LogP contribution in [0.15, 0.2) is 24.3 Å². The number of benzene rings is 2. The molecule has 34 heavy (non-hydrogen) atoms. The van der Waals surface area contributed by atoms with Gasteiger partial charge in [0, 0.05) is 10.4 Å². The van der Waals surface area contributed by atoms with Crippen LogP contribution in [0.25, 0.3) is 11.1 Å².